The summed E-state index contributed by atoms with van der Waals surface area (Å²) in [5.74, 6) is 0.686. The Morgan fingerprint density at radius 1 is 0.778 bits per heavy atom. The minimum absolute atomic E-state index is 0.0625. The van der Waals surface area contributed by atoms with E-state index < -0.39 is 17.1 Å². The number of ether oxygens (including phenoxy) is 3. The molecule has 0 aliphatic heterocycles. The topological polar surface area (TPSA) is 115 Å². The van der Waals surface area contributed by atoms with Crippen LogP contribution in [0, 0.1) is 0 Å². The lowest BCUT2D eigenvalue weighted by molar-refractivity contribution is -0.115. The molecule has 45 heavy (non-hydrogen) atoms. The van der Waals surface area contributed by atoms with Gasteiger partial charge >= 0.3 is 0 Å². The molecule has 4 aromatic carbocycles. The fourth-order valence-corrected chi connectivity index (χ4v) is 5.09. The van der Waals surface area contributed by atoms with Crippen molar-refractivity contribution in [2.75, 3.05) is 31.5 Å². The standard InChI is InChI=1S/C35H35N3O6S/c1-5-44-28-16-14-24(15-17-28)18-32(38-34(40)25-10-7-6-8-11-25)35(41)36-26-12-9-13-31(21-26)45-23(2)33(39)37-27-19-29(42-3)22-30(20-27)43-4/h6-23H,5H2,1-4H3,(H,36,41)(H,37,39)(H,38,40)/b32-18+. The summed E-state index contributed by atoms with van der Waals surface area (Å²) < 4.78 is 16.1. The number of hydrogen-bond donors (Lipinski definition) is 3. The highest BCUT2D eigenvalue weighted by molar-refractivity contribution is 8.00. The molecule has 0 saturated carbocycles. The van der Waals surface area contributed by atoms with Crippen LogP contribution < -0.4 is 30.2 Å². The van der Waals surface area contributed by atoms with Crippen molar-refractivity contribution < 1.29 is 28.6 Å². The summed E-state index contributed by atoms with van der Waals surface area (Å²) in [6.45, 7) is 4.23. The second-order valence-electron chi connectivity index (χ2n) is 9.71. The van der Waals surface area contributed by atoms with E-state index in [9.17, 15) is 14.4 Å². The van der Waals surface area contributed by atoms with Gasteiger partial charge < -0.3 is 30.2 Å². The zero-order chi connectivity index (χ0) is 32.2. The molecule has 9 nitrogen and oxygen atoms in total. The normalized spacial score (nSPS) is 11.6. The SMILES string of the molecule is CCOc1ccc(/C=C(/NC(=O)c2ccccc2)C(=O)Nc2cccc(SC(C)C(=O)Nc3cc(OC)cc(OC)c3)c2)cc1. The summed E-state index contributed by atoms with van der Waals surface area (Å²) >= 11 is 1.33. The third-order valence-electron chi connectivity index (χ3n) is 6.42. The van der Waals surface area contributed by atoms with Crippen LogP contribution in [-0.4, -0.2) is 43.8 Å². The predicted octanol–water partition coefficient (Wildman–Crippen LogP) is 6.63. The molecule has 0 spiro atoms. The van der Waals surface area contributed by atoms with Crippen molar-refractivity contribution in [3.8, 4) is 17.2 Å². The molecule has 3 N–H and O–H groups in total. The van der Waals surface area contributed by atoms with Crippen LogP contribution >= 0.6 is 11.8 Å². The van der Waals surface area contributed by atoms with E-state index in [1.165, 1.54) is 11.8 Å². The van der Waals surface area contributed by atoms with E-state index in [1.54, 1.807) is 112 Å². The van der Waals surface area contributed by atoms with Gasteiger partial charge in [-0.1, -0.05) is 36.4 Å². The Labute approximate surface area is 267 Å². The van der Waals surface area contributed by atoms with Gasteiger partial charge in [0.25, 0.3) is 11.8 Å². The lowest BCUT2D eigenvalue weighted by atomic mass is 10.1. The summed E-state index contributed by atoms with van der Waals surface area (Å²) in [5, 5.41) is 8.05. The number of rotatable bonds is 13. The smallest absolute Gasteiger partial charge is 0.272 e. The molecule has 1 atom stereocenters. The highest BCUT2D eigenvalue weighted by Gasteiger charge is 2.18. The summed E-state index contributed by atoms with van der Waals surface area (Å²) in [6, 6.07) is 28.2. The number of amides is 3. The maximum Gasteiger partial charge on any atom is 0.272 e. The Bertz CT molecular complexity index is 1640. The third-order valence-corrected chi connectivity index (χ3v) is 7.52. The van der Waals surface area contributed by atoms with E-state index >= 15 is 0 Å². The second kappa shape index (κ2) is 16.0. The van der Waals surface area contributed by atoms with E-state index in [2.05, 4.69) is 16.0 Å². The van der Waals surface area contributed by atoms with Gasteiger partial charge in [-0.2, -0.15) is 0 Å². The molecule has 4 rings (SSSR count). The van der Waals surface area contributed by atoms with Crippen molar-refractivity contribution >= 4 is 46.9 Å². The molecule has 0 heterocycles. The van der Waals surface area contributed by atoms with E-state index in [1.807, 2.05) is 19.1 Å². The van der Waals surface area contributed by atoms with Crippen LogP contribution in [0.4, 0.5) is 11.4 Å². The van der Waals surface area contributed by atoms with E-state index in [0.29, 0.717) is 46.4 Å². The highest BCUT2D eigenvalue weighted by Crippen LogP contribution is 2.29. The van der Waals surface area contributed by atoms with Gasteiger partial charge in [0.2, 0.25) is 5.91 Å². The quantitative estimate of drug-likeness (QED) is 0.113. The average molecular weight is 626 g/mol. The first-order valence-corrected chi connectivity index (χ1v) is 15.1. The Hall–Kier alpha value is -5.22. The van der Waals surface area contributed by atoms with Gasteiger partial charge in [-0.15, -0.1) is 11.8 Å². The first-order chi connectivity index (χ1) is 21.8. The van der Waals surface area contributed by atoms with Crippen LogP contribution in [0.1, 0.15) is 29.8 Å². The zero-order valence-corrected chi connectivity index (χ0v) is 26.3. The maximum atomic E-state index is 13.5. The van der Waals surface area contributed by atoms with Gasteiger partial charge in [-0.05, 0) is 68.0 Å². The molecule has 0 bridgehead atoms. The van der Waals surface area contributed by atoms with Crippen molar-refractivity contribution in [1.82, 2.24) is 5.32 Å². The molecule has 0 radical (unpaired) electrons. The lowest BCUT2D eigenvalue weighted by Gasteiger charge is -2.15. The van der Waals surface area contributed by atoms with Gasteiger partial charge in [-0.25, -0.2) is 0 Å². The van der Waals surface area contributed by atoms with Crippen LogP contribution in [0.15, 0.2) is 108 Å². The number of carbonyl (C=O) groups is 3. The first-order valence-electron chi connectivity index (χ1n) is 14.2. The minimum Gasteiger partial charge on any atom is -0.497 e. The fourth-order valence-electron chi connectivity index (χ4n) is 4.16. The fraction of sp³-hybridized carbons (Fsp3) is 0.171. The molecule has 1 unspecified atom stereocenters. The van der Waals surface area contributed by atoms with Gasteiger partial charge in [0.05, 0.1) is 26.1 Å². The molecular weight excluding hydrogens is 590 g/mol. The van der Waals surface area contributed by atoms with Crippen molar-refractivity contribution in [2.45, 2.75) is 24.0 Å². The van der Waals surface area contributed by atoms with Crippen LogP contribution in [0.2, 0.25) is 0 Å². The zero-order valence-electron chi connectivity index (χ0n) is 25.5. The maximum absolute atomic E-state index is 13.5. The van der Waals surface area contributed by atoms with E-state index in [0.717, 1.165) is 4.90 Å². The number of carbonyl (C=O) groups excluding carboxylic acids is 3. The Morgan fingerprint density at radius 2 is 1.47 bits per heavy atom. The molecule has 0 fully saturated rings. The third kappa shape index (κ3) is 9.64. The Morgan fingerprint density at radius 3 is 2.11 bits per heavy atom. The van der Waals surface area contributed by atoms with Gasteiger partial charge in [0.15, 0.2) is 0 Å². The van der Waals surface area contributed by atoms with Gasteiger partial charge in [0, 0.05) is 40.0 Å². The predicted molar refractivity (Wildman–Crippen MR) is 178 cm³/mol. The lowest BCUT2D eigenvalue weighted by Crippen LogP contribution is -2.30. The van der Waals surface area contributed by atoms with Crippen molar-refractivity contribution in [2.24, 2.45) is 0 Å². The van der Waals surface area contributed by atoms with E-state index in [4.69, 9.17) is 14.2 Å². The molecule has 0 aromatic heterocycles. The Kier molecular flexibility index (Phi) is 11.6. The molecule has 0 aliphatic carbocycles. The van der Waals surface area contributed by atoms with Crippen molar-refractivity contribution in [3.63, 3.8) is 0 Å². The first kappa shape index (κ1) is 32.7. The molecule has 0 aliphatic rings. The molecule has 10 heteroatoms. The van der Waals surface area contributed by atoms with Gasteiger partial charge in [-0.3, -0.25) is 14.4 Å². The van der Waals surface area contributed by atoms with Crippen molar-refractivity contribution in [3.05, 3.63) is 114 Å². The molecular formula is C35H35N3O6S. The summed E-state index contributed by atoms with van der Waals surface area (Å²) in [5.41, 5.74) is 2.24. The summed E-state index contributed by atoms with van der Waals surface area (Å²) in [4.78, 5) is 40.2. The monoisotopic (exact) mass is 625 g/mol. The average Bonchev–Trinajstić information content (AvgIpc) is 3.05. The van der Waals surface area contributed by atoms with E-state index in [-0.39, 0.29) is 11.6 Å². The molecule has 232 valence electrons. The number of benzene rings is 4. The second-order valence-corrected chi connectivity index (χ2v) is 11.1. The summed E-state index contributed by atoms with van der Waals surface area (Å²) in [7, 11) is 3.08. The van der Waals surface area contributed by atoms with Crippen LogP contribution in [0.3, 0.4) is 0 Å². The number of hydrogen-bond acceptors (Lipinski definition) is 7. The minimum atomic E-state index is -0.506. The Balaban J connectivity index is 1.48. The van der Waals surface area contributed by atoms with Crippen molar-refractivity contribution in [1.29, 1.82) is 0 Å². The summed E-state index contributed by atoms with van der Waals surface area (Å²) in [6.07, 6.45) is 1.60. The molecule has 3 amide bonds. The van der Waals surface area contributed by atoms with Crippen LogP contribution in [0.25, 0.3) is 6.08 Å². The number of thioether (sulfide) groups is 1. The number of methoxy groups -OCH3 is 2. The highest BCUT2D eigenvalue weighted by atomic mass is 32.2. The van der Waals surface area contributed by atoms with Crippen LogP contribution in [0.5, 0.6) is 17.2 Å². The molecule has 4 aromatic rings. The van der Waals surface area contributed by atoms with Gasteiger partial charge in [0.1, 0.15) is 22.9 Å². The van der Waals surface area contributed by atoms with Crippen LogP contribution in [-0.2, 0) is 9.59 Å². The number of anilines is 2. The number of nitrogens with one attached hydrogen (secondary N) is 3. The largest absolute Gasteiger partial charge is 0.497 e. The molecule has 0 saturated heterocycles.